The van der Waals surface area contributed by atoms with Crippen molar-refractivity contribution < 1.29 is 101 Å². The van der Waals surface area contributed by atoms with Gasteiger partial charge in [-0.05, 0) is 153 Å². The number of hydrogen-bond acceptors (Lipinski definition) is 22. The van der Waals surface area contributed by atoms with Gasteiger partial charge in [-0.15, -0.1) is 0 Å². The summed E-state index contributed by atoms with van der Waals surface area (Å²) in [5.74, 6) is -1.86. The fourth-order valence-corrected chi connectivity index (χ4v) is 13.4. The minimum Gasteiger partial charge on any atom is -0.508 e. The van der Waals surface area contributed by atoms with Crippen LogP contribution in [0.2, 0.25) is 0 Å². The van der Waals surface area contributed by atoms with Crippen LogP contribution in [0.3, 0.4) is 0 Å². The van der Waals surface area contributed by atoms with Crippen molar-refractivity contribution >= 4 is 59.8 Å². The summed E-state index contributed by atoms with van der Waals surface area (Å²) in [4.78, 5) is 86.8. The van der Waals surface area contributed by atoms with Gasteiger partial charge in [0.05, 0.1) is 33.0 Å². The van der Waals surface area contributed by atoms with Crippen LogP contribution in [0.5, 0.6) is 28.7 Å². The molecule has 104 heavy (non-hydrogen) atoms. The molecule has 0 saturated carbocycles. The zero-order valence-electron chi connectivity index (χ0n) is 60.0. The largest absolute Gasteiger partial charge is 0.508 e. The van der Waals surface area contributed by atoms with Crippen molar-refractivity contribution in [3.05, 3.63) is 187 Å². The van der Waals surface area contributed by atoms with E-state index in [2.05, 4.69) is 30.3 Å². The highest BCUT2D eigenvalue weighted by molar-refractivity contribution is 7.59. The van der Waals surface area contributed by atoms with Gasteiger partial charge < -0.3 is 64.7 Å². The monoisotopic (exact) mass is 1530 g/mol. The molecule has 2 aromatic heterocycles. The molecule has 0 bridgehead atoms. The van der Waals surface area contributed by atoms with E-state index in [0.29, 0.717) is 51.7 Å². The zero-order chi connectivity index (χ0) is 77.5. The highest BCUT2D eigenvalue weighted by Crippen LogP contribution is 2.39. The molecule has 5 aromatic carbocycles. The van der Waals surface area contributed by atoms with Gasteiger partial charge in [-0.1, -0.05) is 95.3 Å². The standard InChI is InChI=1S/C25H35N2O7P.C16H22N3O4P.C13H20NO5P.C12H17NO3.C4H7N2O2P/c1-4-14-33-24(30)22(16-18-6-10-20(28)11-7-18)26-35(3,32)27-23(25(31)34-15-5-2)17-19-8-12-21(29)13-9-19;1-3-10-23-16(21)15(11-13-4-6-14(20)7-5-13)18-24(2,22)19-9-8-17-12-19;1-3-8-19-13(16)12(14-20(2,17)18)9-10-4-6-11(15)7-5-10;1-2-7-16-12(15)11(13)8-9-3-5-10(14)6-4-9;1-9(7,8)6-3-2-5-4-6/h6-13,22-23,28-29H,4-5,14-17H2,1-3H3,(H2,26,27,32);4-9,12,15,20H,3,10-11H2,1-2H3,(H,18,22);4-7,12,15H,3,8-9H2,1-2H3,(H2,14,17,18);3-6,11,14H,2,7-8,13H2,1H3;2-4H,1H3,(H,7,8). The van der Waals surface area contributed by atoms with Gasteiger partial charge in [-0.25, -0.2) is 30.3 Å². The van der Waals surface area contributed by atoms with Gasteiger partial charge in [-0.2, -0.15) is 0 Å². The smallest absolute Gasteiger partial charge is 0.323 e. The zero-order valence-corrected chi connectivity index (χ0v) is 63.6. The molecule has 8 unspecified atom stereocenters. The molecule has 0 fully saturated rings. The second-order valence-corrected chi connectivity index (χ2v) is 32.9. The summed E-state index contributed by atoms with van der Waals surface area (Å²) in [5.41, 5.74) is 9.63. The first-order chi connectivity index (χ1) is 49.1. The average Bonchev–Trinajstić information content (AvgIpc) is 1.37. The Labute approximate surface area is 607 Å². The molecule has 13 N–H and O–H groups in total. The highest BCUT2D eigenvalue weighted by atomic mass is 31.2. The van der Waals surface area contributed by atoms with Crippen molar-refractivity contribution in [3.8, 4) is 28.7 Å². The van der Waals surface area contributed by atoms with Crippen LogP contribution in [0.4, 0.5) is 0 Å². The Kier molecular flexibility index (Phi) is 40.0. The summed E-state index contributed by atoms with van der Waals surface area (Å²) in [6, 6.07) is 27.9. The Morgan fingerprint density at radius 3 is 0.885 bits per heavy atom. The van der Waals surface area contributed by atoms with Crippen LogP contribution in [0, 0.1) is 0 Å². The first-order valence-corrected chi connectivity index (χ1v) is 41.9. The molecule has 34 heteroatoms. The van der Waals surface area contributed by atoms with Crippen LogP contribution in [0.25, 0.3) is 0 Å². The molecule has 0 saturated heterocycles. The molecule has 0 radical (unpaired) electrons. The molecule has 0 aliphatic carbocycles. The molecule has 0 amide bonds. The van der Waals surface area contributed by atoms with Gasteiger partial charge >= 0.3 is 29.8 Å². The predicted octanol–water partition coefficient (Wildman–Crippen LogP) is 9.37. The average molecular weight is 1530 g/mol. The van der Waals surface area contributed by atoms with Gasteiger partial charge in [0.2, 0.25) is 14.9 Å². The van der Waals surface area contributed by atoms with Crippen molar-refractivity contribution in [2.24, 2.45) is 5.73 Å². The first kappa shape index (κ1) is 89.7. The normalized spacial score (nSPS) is 14.6. The minimum atomic E-state index is -3.55. The van der Waals surface area contributed by atoms with Gasteiger partial charge in [-0.3, -0.25) is 50.9 Å². The Morgan fingerprint density at radius 2 is 0.644 bits per heavy atom. The number of esters is 5. The third-order valence-corrected chi connectivity index (χ3v) is 19.4. The summed E-state index contributed by atoms with van der Waals surface area (Å²) < 4.78 is 77.0. The quantitative estimate of drug-likeness (QED) is 0.00999. The van der Waals surface area contributed by atoms with Gasteiger partial charge in [0.1, 0.15) is 71.6 Å². The Hall–Kier alpha value is -8.49. The number of phenols is 5. The number of imidazole rings is 2. The van der Waals surface area contributed by atoms with Gasteiger partial charge in [0.15, 0.2) is 0 Å². The van der Waals surface area contributed by atoms with Crippen LogP contribution in [0.15, 0.2) is 159 Å². The number of carbonyl (C=O) groups excluding carboxylic acids is 5. The lowest BCUT2D eigenvalue weighted by molar-refractivity contribution is -0.146. The van der Waals surface area contributed by atoms with E-state index < -0.39 is 84.0 Å². The maximum Gasteiger partial charge on any atom is 0.323 e. The van der Waals surface area contributed by atoms with Crippen molar-refractivity contribution in [2.75, 3.05) is 59.7 Å². The summed E-state index contributed by atoms with van der Waals surface area (Å²) in [6.07, 6.45) is 13.5. The number of nitrogens with one attached hydrogen (secondary N) is 4. The van der Waals surface area contributed by atoms with Crippen LogP contribution in [0.1, 0.15) is 94.5 Å². The SMILES string of the molecule is CCCOC(=O)C(Cc1ccc(O)cc1)NP(C)(=O)NC(Cc1ccc(O)cc1)C(=O)OCCC.CCCOC(=O)C(Cc1ccc(O)cc1)NP(C)(=O)O.CCCOC(=O)C(Cc1ccc(O)cc1)NP(C)(=O)n1ccnc1.CCCOC(=O)C(N)Cc1ccc(O)cc1.CP(=O)(O)n1ccnc1. The molecule has 2 heterocycles. The Morgan fingerprint density at radius 1 is 0.394 bits per heavy atom. The number of nitrogens with zero attached hydrogens (tertiary/aromatic N) is 4. The number of rotatable bonds is 35. The maximum atomic E-state index is 13.6. The number of hydrogen-bond donors (Lipinski definition) is 12. The lowest BCUT2D eigenvalue weighted by Crippen LogP contribution is -2.45. The number of aromatic nitrogens is 4. The predicted molar refractivity (Wildman–Crippen MR) is 395 cm³/mol. The Bertz CT molecular complexity index is 3770. The van der Waals surface area contributed by atoms with Crippen LogP contribution in [-0.4, -0.2) is 174 Å². The van der Waals surface area contributed by atoms with Crippen LogP contribution >= 0.6 is 29.9 Å². The van der Waals surface area contributed by atoms with Crippen LogP contribution < -0.4 is 26.1 Å². The minimum absolute atomic E-state index is 0.0947. The fourth-order valence-electron chi connectivity index (χ4n) is 8.92. The molecule has 7 aromatic rings. The third kappa shape index (κ3) is 36.8. The van der Waals surface area contributed by atoms with E-state index >= 15 is 0 Å². The van der Waals surface area contributed by atoms with Crippen molar-refractivity contribution in [2.45, 2.75) is 129 Å². The van der Waals surface area contributed by atoms with Gasteiger partial charge in [0, 0.05) is 51.4 Å². The third-order valence-electron chi connectivity index (χ3n) is 14.0. The summed E-state index contributed by atoms with van der Waals surface area (Å²) in [6.45, 7) is 16.2. The van der Waals surface area contributed by atoms with E-state index in [1.165, 1.54) is 96.3 Å². The molecular formula is C70H101N9O21P4. The topological polar surface area (TPSA) is 451 Å². The van der Waals surface area contributed by atoms with Crippen molar-refractivity contribution in [1.82, 2.24) is 39.0 Å². The fraction of sp³-hybridized carbons (Fsp3) is 0.414. The summed E-state index contributed by atoms with van der Waals surface area (Å²) in [7, 11) is -13.2. The molecule has 7 rings (SSSR count). The molecular weight excluding hydrogens is 1430 g/mol. The number of aromatic hydroxyl groups is 5. The van der Waals surface area contributed by atoms with E-state index in [4.69, 9.17) is 39.4 Å². The van der Waals surface area contributed by atoms with E-state index in [1.54, 1.807) is 91.1 Å². The molecule has 30 nitrogen and oxygen atoms in total. The first-order valence-electron chi connectivity index (χ1n) is 33.4. The lowest BCUT2D eigenvalue weighted by atomic mass is 10.1. The second kappa shape index (κ2) is 46.4. The lowest BCUT2D eigenvalue weighted by Gasteiger charge is -2.27. The highest BCUT2D eigenvalue weighted by Gasteiger charge is 2.34. The maximum absolute atomic E-state index is 13.6. The second-order valence-electron chi connectivity index (χ2n) is 23.9. The van der Waals surface area contributed by atoms with E-state index in [1.807, 2.05) is 34.6 Å². The van der Waals surface area contributed by atoms with Crippen molar-refractivity contribution in [1.29, 1.82) is 0 Å². The van der Waals surface area contributed by atoms with Crippen molar-refractivity contribution in [3.63, 3.8) is 0 Å². The number of ether oxygens (including phenoxy) is 5. The van der Waals surface area contributed by atoms with Crippen LogP contribution in [-0.2, 0) is 98.0 Å². The van der Waals surface area contributed by atoms with E-state index in [0.717, 1.165) is 40.9 Å². The molecule has 572 valence electrons. The van der Waals surface area contributed by atoms with Gasteiger partial charge in [0.25, 0.3) is 15.0 Å². The summed E-state index contributed by atoms with van der Waals surface area (Å²) >= 11 is 0. The molecule has 8 atom stereocenters. The number of benzene rings is 5. The molecule has 0 spiro atoms. The number of phenolic OH excluding ortho intramolecular Hbond substituents is 5. The van der Waals surface area contributed by atoms with E-state index in [-0.39, 0.29) is 73.8 Å². The number of carbonyl (C=O) groups is 5. The Balaban J connectivity index is 0.000000357. The molecule has 0 aliphatic rings. The molecule has 0 aliphatic heterocycles. The van der Waals surface area contributed by atoms with E-state index in [9.17, 15) is 67.6 Å². The number of nitrogens with two attached hydrogens (primary N) is 1. The summed E-state index contributed by atoms with van der Waals surface area (Å²) in [5, 5.41) is 57.8.